The molecule has 0 fully saturated rings. The quantitative estimate of drug-likeness (QED) is 0.824. The SMILES string of the molecule is CCOCC(C)(N)c1cc(OC)cc(OC)c1. The molecule has 0 radical (unpaired) electrons. The molecular formula is C13H21NO3. The van der Waals surface area contributed by atoms with Gasteiger partial charge in [0.15, 0.2) is 0 Å². The van der Waals surface area contributed by atoms with Gasteiger partial charge in [0.25, 0.3) is 0 Å². The van der Waals surface area contributed by atoms with Crippen molar-refractivity contribution in [3.05, 3.63) is 23.8 Å². The molecule has 1 unspecified atom stereocenters. The molecule has 17 heavy (non-hydrogen) atoms. The van der Waals surface area contributed by atoms with Crippen LogP contribution in [0.1, 0.15) is 19.4 Å². The van der Waals surface area contributed by atoms with Crippen LogP contribution in [0.2, 0.25) is 0 Å². The number of rotatable bonds is 6. The van der Waals surface area contributed by atoms with E-state index in [0.717, 1.165) is 17.1 Å². The Morgan fingerprint density at radius 1 is 1.12 bits per heavy atom. The van der Waals surface area contributed by atoms with Crippen LogP contribution in [0.3, 0.4) is 0 Å². The molecule has 0 saturated carbocycles. The van der Waals surface area contributed by atoms with E-state index in [2.05, 4.69) is 0 Å². The van der Waals surface area contributed by atoms with Crippen LogP contribution >= 0.6 is 0 Å². The van der Waals surface area contributed by atoms with Gasteiger partial charge in [-0.15, -0.1) is 0 Å². The van der Waals surface area contributed by atoms with Crippen molar-refractivity contribution < 1.29 is 14.2 Å². The minimum atomic E-state index is -0.558. The van der Waals surface area contributed by atoms with Gasteiger partial charge in [0.1, 0.15) is 11.5 Å². The van der Waals surface area contributed by atoms with E-state index in [-0.39, 0.29) is 0 Å². The van der Waals surface area contributed by atoms with Gasteiger partial charge in [-0.1, -0.05) is 0 Å². The summed E-state index contributed by atoms with van der Waals surface area (Å²) in [6, 6.07) is 5.63. The zero-order chi connectivity index (χ0) is 12.9. The standard InChI is InChI=1S/C13H21NO3/c1-5-17-9-13(2,14)10-6-11(15-3)8-12(7-10)16-4/h6-8H,5,9,14H2,1-4H3. The summed E-state index contributed by atoms with van der Waals surface area (Å²) in [5, 5.41) is 0. The third kappa shape index (κ3) is 3.61. The summed E-state index contributed by atoms with van der Waals surface area (Å²) in [6.45, 7) is 4.98. The lowest BCUT2D eigenvalue weighted by atomic mass is 9.93. The van der Waals surface area contributed by atoms with Crippen molar-refractivity contribution in [2.75, 3.05) is 27.4 Å². The van der Waals surface area contributed by atoms with Crippen molar-refractivity contribution in [1.29, 1.82) is 0 Å². The fourth-order valence-corrected chi connectivity index (χ4v) is 1.53. The van der Waals surface area contributed by atoms with Crippen LogP contribution in [-0.4, -0.2) is 27.4 Å². The third-order valence-electron chi connectivity index (χ3n) is 2.62. The van der Waals surface area contributed by atoms with E-state index in [4.69, 9.17) is 19.9 Å². The summed E-state index contributed by atoms with van der Waals surface area (Å²) >= 11 is 0. The molecule has 4 heteroatoms. The highest BCUT2D eigenvalue weighted by Crippen LogP contribution is 2.28. The maximum atomic E-state index is 6.24. The van der Waals surface area contributed by atoms with E-state index in [1.54, 1.807) is 14.2 Å². The highest BCUT2D eigenvalue weighted by atomic mass is 16.5. The zero-order valence-electron chi connectivity index (χ0n) is 10.9. The molecule has 1 atom stereocenters. The average molecular weight is 239 g/mol. The predicted octanol–water partition coefficient (Wildman–Crippen LogP) is 1.91. The number of ether oxygens (including phenoxy) is 3. The van der Waals surface area contributed by atoms with Crippen LogP contribution in [-0.2, 0) is 10.3 Å². The van der Waals surface area contributed by atoms with Crippen molar-refractivity contribution >= 4 is 0 Å². The van der Waals surface area contributed by atoms with Crippen LogP contribution < -0.4 is 15.2 Å². The fourth-order valence-electron chi connectivity index (χ4n) is 1.53. The molecule has 1 aromatic rings. The highest BCUT2D eigenvalue weighted by Gasteiger charge is 2.23. The second-order valence-corrected chi connectivity index (χ2v) is 4.16. The maximum Gasteiger partial charge on any atom is 0.122 e. The zero-order valence-corrected chi connectivity index (χ0v) is 10.9. The van der Waals surface area contributed by atoms with Gasteiger partial charge in [-0.2, -0.15) is 0 Å². The topological polar surface area (TPSA) is 53.7 Å². The number of hydrogen-bond donors (Lipinski definition) is 1. The molecule has 0 aromatic heterocycles. The lowest BCUT2D eigenvalue weighted by molar-refractivity contribution is 0.101. The monoisotopic (exact) mass is 239 g/mol. The van der Waals surface area contributed by atoms with E-state index in [0.29, 0.717) is 13.2 Å². The Balaban J connectivity index is 3.02. The van der Waals surface area contributed by atoms with Crippen molar-refractivity contribution in [1.82, 2.24) is 0 Å². The lowest BCUT2D eigenvalue weighted by Crippen LogP contribution is -2.38. The maximum absolute atomic E-state index is 6.24. The smallest absolute Gasteiger partial charge is 0.122 e. The van der Waals surface area contributed by atoms with Crippen molar-refractivity contribution in [3.63, 3.8) is 0 Å². The molecule has 0 spiro atoms. The van der Waals surface area contributed by atoms with E-state index < -0.39 is 5.54 Å². The molecule has 2 N–H and O–H groups in total. The first-order chi connectivity index (χ1) is 8.03. The molecule has 0 bridgehead atoms. The van der Waals surface area contributed by atoms with Gasteiger partial charge in [0.05, 0.1) is 26.4 Å². The average Bonchev–Trinajstić information content (AvgIpc) is 2.35. The third-order valence-corrected chi connectivity index (χ3v) is 2.62. The first kappa shape index (κ1) is 13.8. The number of methoxy groups -OCH3 is 2. The van der Waals surface area contributed by atoms with Gasteiger partial charge < -0.3 is 19.9 Å². The number of nitrogens with two attached hydrogens (primary N) is 1. The van der Waals surface area contributed by atoms with Gasteiger partial charge in [-0.25, -0.2) is 0 Å². The summed E-state index contributed by atoms with van der Waals surface area (Å²) < 4.78 is 15.8. The van der Waals surface area contributed by atoms with Gasteiger partial charge in [-0.05, 0) is 31.5 Å². The Hall–Kier alpha value is -1.26. The summed E-state index contributed by atoms with van der Waals surface area (Å²) in [5.41, 5.74) is 6.61. The number of benzene rings is 1. The summed E-state index contributed by atoms with van der Waals surface area (Å²) in [4.78, 5) is 0. The molecule has 0 saturated heterocycles. The largest absolute Gasteiger partial charge is 0.497 e. The highest BCUT2D eigenvalue weighted by molar-refractivity contribution is 5.41. The molecule has 0 aliphatic heterocycles. The first-order valence-electron chi connectivity index (χ1n) is 5.63. The van der Waals surface area contributed by atoms with Crippen LogP contribution in [0.5, 0.6) is 11.5 Å². The normalized spacial score (nSPS) is 14.2. The van der Waals surface area contributed by atoms with Crippen molar-refractivity contribution in [2.45, 2.75) is 19.4 Å². The molecule has 0 aliphatic carbocycles. The van der Waals surface area contributed by atoms with Crippen LogP contribution in [0.4, 0.5) is 0 Å². The van der Waals surface area contributed by atoms with Crippen molar-refractivity contribution in [2.24, 2.45) is 5.73 Å². The van der Waals surface area contributed by atoms with E-state index in [1.807, 2.05) is 32.0 Å². The Bertz CT molecular complexity index is 341. The van der Waals surface area contributed by atoms with Gasteiger partial charge in [0, 0.05) is 12.7 Å². The molecule has 0 heterocycles. The van der Waals surface area contributed by atoms with Gasteiger partial charge >= 0.3 is 0 Å². The minimum Gasteiger partial charge on any atom is -0.497 e. The summed E-state index contributed by atoms with van der Waals surface area (Å²) in [7, 11) is 3.24. The van der Waals surface area contributed by atoms with Crippen LogP contribution in [0.15, 0.2) is 18.2 Å². The van der Waals surface area contributed by atoms with Gasteiger partial charge in [-0.3, -0.25) is 0 Å². The van der Waals surface area contributed by atoms with Crippen LogP contribution in [0.25, 0.3) is 0 Å². The molecule has 1 rings (SSSR count). The Morgan fingerprint density at radius 3 is 2.06 bits per heavy atom. The second kappa shape index (κ2) is 5.89. The van der Waals surface area contributed by atoms with Gasteiger partial charge in [0.2, 0.25) is 0 Å². The lowest BCUT2D eigenvalue weighted by Gasteiger charge is -2.25. The Kier molecular flexibility index (Phi) is 4.78. The van der Waals surface area contributed by atoms with E-state index >= 15 is 0 Å². The number of hydrogen-bond acceptors (Lipinski definition) is 4. The molecule has 4 nitrogen and oxygen atoms in total. The molecule has 1 aromatic carbocycles. The first-order valence-corrected chi connectivity index (χ1v) is 5.63. The fraction of sp³-hybridized carbons (Fsp3) is 0.538. The molecule has 96 valence electrons. The Labute approximate surface area is 103 Å². The summed E-state index contributed by atoms with van der Waals surface area (Å²) in [6.07, 6.45) is 0. The summed E-state index contributed by atoms with van der Waals surface area (Å²) in [5.74, 6) is 1.46. The molecular weight excluding hydrogens is 218 g/mol. The van der Waals surface area contributed by atoms with E-state index in [1.165, 1.54) is 0 Å². The predicted molar refractivity (Wildman–Crippen MR) is 67.6 cm³/mol. The second-order valence-electron chi connectivity index (χ2n) is 4.16. The van der Waals surface area contributed by atoms with Crippen LogP contribution in [0, 0.1) is 0 Å². The van der Waals surface area contributed by atoms with Crippen molar-refractivity contribution in [3.8, 4) is 11.5 Å². The Morgan fingerprint density at radius 2 is 1.65 bits per heavy atom. The molecule has 0 aliphatic rings. The van der Waals surface area contributed by atoms with E-state index in [9.17, 15) is 0 Å². The minimum absolute atomic E-state index is 0.458. The molecule has 0 amide bonds.